The smallest absolute Gasteiger partial charge is 0.123 e. The maximum atomic E-state index is 13.2. The highest BCUT2D eigenvalue weighted by Crippen LogP contribution is 2.37. The van der Waals surface area contributed by atoms with E-state index in [0.29, 0.717) is 0 Å². The second kappa shape index (κ2) is 4.54. The SMILES string of the molecule is CC(c1cccc(F)c1)C1(N)CCCCC1. The van der Waals surface area contributed by atoms with Gasteiger partial charge >= 0.3 is 0 Å². The molecular formula is C14H20FN. The molecule has 0 aliphatic heterocycles. The third-order valence-corrected chi connectivity index (χ3v) is 4.00. The Morgan fingerprint density at radius 2 is 1.94 bits per heavy atom. The highest BCUT2D eigenvalue weighted by molar-refractivity contribution is 5.24. The Balaban J connectivity index is 2.20. The second-order valence-corrected chi connectivity index (χ2v) is 5.07. The minimum atomic E-state index is -0.163. The molecule has 1 aliphatic rings. The molecule has 2 N–H and O–H groups in total. The van der Waals surface area contributed by atoms with E-state index in [1.807, 2.05) is 6.07 Å². The fourth-order valence-electron chi connectivity index (χ4n) is 2.75. The molecule has 1 aromatic rings. The Morgan fingerprint density at radius 3 is 2.56 bits per heavy atom. The molecule has 16 heavy (non-hydrogen) atoms. The standard InChI is InChI=1S/C14H20FN/c1-11(12-6-5-7-13(15)10-12)14(16)8-3-2-4-9-14/h5-7,10-11H,2-4,8-9,16H2,1H3. The van der Waals surface area contributed by atoms with Gasteiger partial charge in [0.2, 0.25) is 0 Å². The summed E-state index contributed by atoms with van der Waals surface area (Å²) in [5.74, 6) is 0.0762. The monoisotopic (exact) mass is 221 g/mol. The average molecular weight is 221 g/mol. The molecule has 2 rings (SSSR count). The lowest BCUT2D eigenvalue weighted by Gasteiger charge is -2.39. The molecule has 0 aromatic heterocycles. The van der Waals surface area contributed by atoms with E-state index in [0.717, 1.165) is 18.4 Å². The number of hydrogen-bond donors (Lipinski definition) is 1. The predicted molar refractivity (Wildman–Crippen MR) is 64.8 cm³/mol. The van der Waals surface area contributed by atoms with E-state index in [4.69, 9.17) is 5.73 Å². The summed E-state index contributed by atoms with van der Waals surface area (Å²) in [5.41, 5.74) is 7.36. The van der Waals surface area contributed by atoms with Crippen molar-refractivity contribution < 1.29 is 4.39 Å². The molecule has 1 fully saturated rings. The Hall–Kier alpha value is -0.890. The third-order valence-electron chi connectivity index (χ3n) is 4.00. The lowest BCUT2D eigenvalue weighted by Crippen LogP contribution is -2.46. The lowest BCUT2D eigenvalue weighted by atomic mass is 9.72. The fourth-order valence-corrected chi connectivity index (χ4v) is 2.75. The summed E-state index contributed by atoms with van der Waals surface area (Å²) in [4.78, 5) is 0. The Bertz CT molecular complexity index is 356. The van der Waals surface area contributed by atoms with E-state index in [-0.39, 0.29) is 17.3 Å². The van der Waals surface area contributed by atoms with Crippen LogP contribution in [-0.4, -0.2) is 5.54 Å². The maximum absolute atomic E-state index is 13.2. The van der Waals surface area contributed by atoms with Crippen LogP contribution in [0, 0.1) is 5.82 Å². The number of halogens is 1. The predicted octanol–water partition coefficient (Wildman–Crippen LogP) is 3.59. The number of hydrogen-bond acceptors (Lipinski definition) is 1. The van der Waals surface area contributed by atoms with Gasteiger partial charge in [-0.15, -0.1) is 0 Å². The van der Waals surface area contributed by atoms with Gasteiger partial charge in [-0.25, -0.2) is 4.39 Å². The van der Waals surface area contributed by atoms with Gasteiger partial charge in [0.05, 0.1) is 0 Å². The first-order valence-electron chi connectivity index (χ1n) is 6.16. The van der Waals surface area contributed by atoms with E-state index in [1.54, 1.807) is 12.1 Å². The first-order valence-corrected chi connectivity index (χ1v) is 6.16. The molecule has 1 nitrogen and oxygen atoms in total. The van der Waals surface area contributed by atoms with E-state index in [1.165, 1.54) is 25.3 Å². The van der Waals surface area contributed by atoms with Crippen molar-refractivity contribution in [3.05, 3.63) is 35.6 Å². The van der Waals surface area contributed by atoms with Crippen LogP contribution in [0.4, 0.5) is 4.39 Å². The Labute approximate surface area is 96.9 Å². The number of nitrogens with two attached hydrogens (primary N) is 1. The van der Waals surface area contributed by atoms with Gasteiger partial charge in [-0.1, -0.05) is 38.3 Å². The van der Waals surface area contributed by atoms with Crippen molar-refractivity contribution >= 4 is 0 Å². The van der Waals surface area contributed by atoms with Crippen LogP contribution in [0.15, 0.2) is 24.3 Å². The molecule has 1 aliphatic carbocycles. The van der Waals surface area contributed by atoms with Crippen molar-refractivity contribution in [1.82, 2.24) is 0 Å². The van der Waals surface area contributed by atoms with Crippen LogP contribution in [0.25, 0.3) is 0 Å². The molecule has 1 atom stereocenters. The van der Waals surface area contributed by atoms with Gasteiger partial charge in [-0.05, 0) is 36.5 Å². The van der Waals surface area contributed by atoms with Gasteiger partial charge in [0.15, 0.2) is 0 Å². The zero-order chi connectivity index (χ0) is 11.6. The van der Waals surface area contributed by atoms with Gasteiger partial charge in [-0.2, -0.15) is 0 Å². The van der Waals surface area contributed by atoms with Crippen LogP contribution in [0.2, 0.25) is 0 Å². The largest absolute Gasteiger partial charge is 0.325 e. The zero-order valence-corrected chi connectivity index (χ0v) is 9.88. The Morgan fingerprint density at radius 1 is 1.25 bits per heavy atom. The first kappa shape index (κ1) is 11.6. The van der Waals surface area contributed by atoms with Gasteiger partial charge in [0.25, 0.3) is 0 Å². The van der Waals surface area contributed by atoms with Crippen molar-refractivity contribution in [2.75, 3.05) is 0 Å². The summed E-state index contributed by atoms with van der Waals surface area (Å²) >= 11 is 0. The summed E-state index contributed by atoms with van der Waals surface area (Å²) in [6, 6.07) is 6.86. The van der Waals surface area contributed by atoms with E-state index >= 15 is 0 Å². The molecule has 0 radical (unpaired) electrons. The van der Waals surface area contributed by atoms with Crippen LogP contribution < -0.4 is 5.73 Å². The zero-order valence-electron chi connectivity index (χ0n) is 9.88. The molecule has 0 amide bonds. The molecule has 0 bridgehead atoms. The van der Waals surface area contributed by atoms with Crippen molar-refractivity contribution in [3.8, 4) is 0 Å². The number of benzene rings is 1. The molecule has 0 spiro atoms. The number of rotatable bonds is 2. The molecule has 0 heterocycles. The van der Waals surface area contributed by atoms with E-state index in [2.05, 4.69) is 6.92 Å². The highest BCUT2D eigenvalue weighted by atomic mass is 19.1. The van der Waals surface area contributed by atoms with Crippen LogP contribution in [0.1, 0.15) is 50.5 Å². The summed E-state index contributed by atoms with van der Waals surface area (Å²) < 4.78 is 13.2. The topological polar surface area (TPSA) is 26.0 Å². The molecule has 1 aromatic carbocycles. The summed E-state index contributed by atoms with van der Waals surface area (Å²) in [6.45, 7) is 2.13. The van der Waals surface area contributed by atoms with Gasteiger partial charge in [0, 0.05) is 5.54 Å². The van der Waals surface area contributed by atoms with Crippen LogP contribution in [0.5, 0.6) is 0 Å². The average Bonchev–Trinajstić information content (AvgIpc) is 2.29. The molecular weight excluding hydrogens is 201 g/mol. The second-order valence-electron chi connectivity index (χ2n) is 5.07. The molecule has 1 unspecified atom stereocenters. The maximum Gasteiger partial charge on any atom is 0.123 e. The molecule has 2 heteroatoms. The van der Waals surface area contributed by atoms with Gasteiger partial charge < -0.3 is 5.73 Å². The normalized spacial score (nSPS) is 21.7. The van der Waals surface area contributed by atoms with Crippen molar-refractivity contribution in [2.24, 2.45) is 5.73 Å². The Kier molecular flexibility index (Phi) is 3.29. The van der Waals surface area contributed by atoms with Gasteiger partial charge in [0.1, 0.15) is 5.82 Å². The third kappa shape index (κ3) is 2.27. The molecule has 88 valence electrons. The van der Waals surface area contributed by atoms with Crippen molar-refractivity contribution in [1.29, 1.82) is 0 Å². The summed E-state index contributed by atoms with van der Waals surface area (Å²) in [5, 5.41) is 0. The van der Waals surface area contributed by atoms with Crippen LogP contribution in [-0.2, 0) is 0 Å². The van der Waals surface area contributed by atoms with E-state index in [9.17, 15) is 4.39 Å². The summed E-state index contributed by atoms with van der Waals surface area (Å²) in [6.07, 6.45) is 5.82. The quantitative estimate of drug-likeness (QED) is 0.811. The molecule has 0 saturated heterocycles. The first-order chi connectivity index (χ1) is 7.62. The van der Waals surface area contributed by atoms with Crippen LogP contribution >= 0.6 is 0 Å². The van der Waals surface area contributed by atoms with Crippen LogP contribution in [0.3, 0.4) is 0 Å². The minimum Gasteiger partial charge on any atom is -0.325 e. The molecule has 1 saturated carbocycles. The van der Waals surface area contributed by atoms with Crippen molar-refractivity contribution in [3.63, 3.8) is 0 Å². The lowest BCUT2D eigenvalue weighted by molar-refractivity contribution is 0.256. The van der Waals surface area contributed by atoms with Crippen molar-refractivity contribution in [2.45, 2.75) is 50.5 Å². The van der Waals surface area contributed by atoms with Gasteiger partial charge in [-0.3, -0.25) is 0 Å². The minimum absolute atomic E-state index is 0.133. The van der Waals surface area contributed by atoms with E-state index < -0.39 is 0 Å². The highest BCUT2D eigenvalue weighted by Gasteiger charge is 2.34. The summed E-state index contributed by atoms with van der Waals surface area (Å²) in [7, 11) is 0. The fraction of sp³-hybridized carbons (Fsp3) is 0.571.